The molecule has 0 aliphatic heterocycles. The normalized spacial score (nSPS) is 11.0. The van der Waals surface area contributed by atoms with Crippen LogP contribution in [-0.2, 0) is 11.2 Å². The van der Waals surface area contributed by atoms with E-state index in [1.165, 1.54) is 11.3 Å². The summed E-state index contributed by atoms with van der Waals surface area (Å²) in [5, 5.41) is 0.991. The van der Waals surface area contributed by atoms with Crippen molar-refractivity contribution in [2.75, 3.05) is 13.7 Å². The minimum Gasteiger partial charge on any atom is -0.384 e. The van der Waals surface area contributed by atoms with Crippen LogP contribution in [0.4, 0.5) is 0 Å². The highest BCUT2D eigenvalue weighted by Gasteiger charge is 2.16. The van der Waals surface area contributed by atoms with Crippen LogP contribution in [0.1, 0.15) is 47.1 Å². The van der Waals surface area contributed by atoms with Crippen LogP contribution in [0.5, 0.6) is 0 Å². The first-order valence-electron chi connectivity index (χ1n) is 5.05. The molecule has 0 atom stereocenters. The number of methoxy groups -OCH3 is 1. The number of aromatic nitrogens is 1. The number of hydrogen-bond donors (Lipinski definition) is 0. The molecule has 0 N–H and O–H groups in total. The van der Waals surface area contributed by atoms with Gasteiger partial charge >= 0.3 is 0 Å². The van der Waals surface area contributed by atoms with E-state index in [1.54, 1.807) is 14.0 Å². The first kappa shape index (κ1) is 12.3. The number of ether oxygens (including phenoxy) is 1. The van der Waals surface area contributed by atoms with Crippen molar-refractivity contribution in [3.63, 3.8) is 0 Å². The third-order valence-corrected chi connectivity index (χ3v) is 3.32. The molecule has 1 aromatic heterocycles. The predicted molar refractivity (Wildman–Crippen MR) is 61.8 cm³/mol. The zero-order valence-electron chi connectivity index (χ0n) is 9.66. The minimum absolute atomic E-state index is 0.111. The minimum atomic E-state index is 0.111. The SMILES string of the molecule is COCCc1nc(C(C)C)c(C(C)=O)s1. The van der Waals surface area contributed by atoms with Gasteiger partial charge in [-0.3, -0.25) is 4.79 Å². The number of hydrogen-bond acceptors (Lipinski definition) is 4. The smallest absolute Gasteiger partial charge is 0.171 e. The van der Waals surface area contributed by atoms with Gasteiger partial charge in [0.25, 0.3) is 0 Å². The maximum absolute atomic E-state index is 11.4. The average molecular weight is 227 g/mol. The molecule has 0 aliphatic carbocycles. The van der Waals surface area contributed by atoms with Crippen LogP contribution in [0.25, 0.3) is 0 Å². The fourth-order valence-corrected chi connectivity index (χ4v) is 2.41. The van der Waals surface area contributed by atoms with Gasteiger partial charge in [-0.25, -0.2) is 4.98 Å². The Morgan fingerprint density at radius 2 is 2.20 bits per heavy atom. The largest absolute Gasteiger partial charge is 0.384 e. The molecule has 0 saturated carbocycles. The van der Waals surface area contributed by atoms with Gasteiger partial charge in [0.2, 0.25) is 0 Å². The second-order valence-electron chi connectivity index (χ2n) is 3.78. The maximum Gasteiger partial charge on any atom is 0.171 e. The number of ketones is 1. The van der Waals surface area contributed by atoms with Gasteiger partial charge in [-0.2, -0.15) is 0 Å². The quantitative estimate of drug-likeness (QED) is 0.726. The van der Waals surface area contributed by atoms with Crippen molar-refractivity contribution < 1.29 is 9.53 Å². The van der Waals surface area contributed by atoms with Gasteiger partial charge in [0, 0.05) is 20.5 Å². The van der Waals surface area contributed by atoms with Crippen molar-refractivity contribution in [2.45, 2.75) is 33.1 Å². The number of rotatable bonds is 5. The van der Waals surface area contributed by atoms with Gasteiger partial charge < -0.3 is 4.74 Å². The van der Waals surface area contributed by atoms with Crippen LogP contribution >= 0.6 is 11.3 Å². The lowest BCUT2D eigenvalue weighted by molar-refractivity contribution is 0.102. The summed E-state index contributed by atoms with van der Waals surface area (Å²) in [5.74, 6) is 0.413. The summed E-state index contributed by atoms with van der Waals surface area (Å²) in [6, 6.07) is 0. The molecular weight excluding hydrogens is 210 g/mol. The van der Waals surface area contributed by atoms with Gasteiger partial charge in [-0.1, -0.05) is 13.8 Å². The van der Waals surface area contributed by atoms with Gasteiger partial charge in [0.1, 0.15) is 0 Å². The summed E-state index contributed by atoms with van der Waals surface area (Å²) in [4.78, 5) is 16.7. The van der Waals surface area contributed by atoms with Crippen LogP contribution in [-0.4, -0.2) is 24.5 Å². The van der Waals surface area contributed by atoms with Crippen molar-refractivity contribution in [1.82, 2.24) is 4.98 Å². The third kappa shape index (κ3) is 3.11. The van der Waals surface area contributed by atoms with E-state index in [0.717, 1.165) is 22.0 Å². The first-order chi connectivity index (χ1) is 7.06. The summed E-state index contributed by atoms with van der Waals surface area (Å²) in [7, 11) is 1.67. The second kappa shape index (κ2) is 5.37. The molecule has 1 heterocycles. The predicted octanol–water partition coefficient (Wildman–Crippen LogP) is 2.66. The molecular formula is C11H17NO2S. The molecule has 0 amide bonds. The molecule has 0 bridgehead atoms. The molecule has 0 spiro atoms. The Balaban J connectivity index is 2.93. The van der Waals surface area contributed by atoms with Gasteiger partial charge in [-0.05, 0) is 5.92 Å². The Morgan fingerprint density at radius 3 is 2.60 bits per heavy atom. The van der Waals surface area contributed by atoms with E-state index >= 15 is 0 Å². The molecule has 0 radical (unpaired) electrons. The van der Waals surface area contributed by atoms with Gasteiger partial charge in [-0.15, -0.1) is 11.3 Å². The van der Waals surface area contributed by atoms with Gasteiger partial charge in [0.15, 0.2) is 5.78 Å². The van der Waals surface area contributed by atoms with Crippen LogP contribution < -0.4 is 0 Å². The van der Waals surface area contributed by atoms with E-state index in [1.807, 2.05) is 0 Å². The fraction of sp³-hybridized carbons (Fsp3) is 0.636. The molecule has 15 heavy (non-hydrogen) atoms. The molecule has 4 heteroatoms. The molecule has 1 rings (SSSR count). The Kier molecular flexibility index (Phi) is 4.42. The molecule has 0 unspecified atom stereocenters. The van der Waals surface area contributed by atoms with Crippen molar-refractivity contribution in [3.8, 4) is 0 Å². The van der Waals surface area contributed by atoms with Crippen LogP contribution in [0.15, 0.2) is 0 Å². The van der Waals surface area contributed by atoms with Crippen LogP contribution in [0.2, 0.25) is 0 Å². The number of carbonyl (C=O) groups excluding carboxylic acids is 1. The molecule has 3 nitrogen and oxygen atoms in total. The number of Topliss-reactive ketones (excluding diaryl/α,β-unsaturated/α-hetero) is 1. The molecule has 0 aromatic carbocycles. The summed E-state index contributed by atoms with van der Waals surface area (Å²) >= 11 is 1.50. The Hall–Kier alpha value is -0.740. The summed E-state index contributed by atoms with van der Waals surface area (Å²) < 4.78 is 5.00. The third-order valence-electron chi connectivity index (χ3n) is 2.08. The lowest BCUT2D eigenvalue weighted by Crippen LogP contribution is -1.98. The van der Waals surface area contributed by atoms with Crippen molar-refractivity contribution in [3.05, 3.63) is 15.6 Å². The van der Waals surface area contributed by atoms with E-state index in [-0.39, 0.29) is 5.78 Å². The van der Waals surface area contributed by atoms with E-state index in [2.05, 4.69) is 18.8 Å². The standard InChI is InChI=1S/C11H17NO2S/c1-7(2)10-11(8(3)13)15-9(12-10)5-6-14-4/h7H,5-6H2,1-4H3. The zero-order valence-corrected chi connectivity index (χ0v) is 10.5. The number of nitrogens with zero attached hydrogens (tertiary/aromatic N) is 1. The van der Waals surface area contributed by atoms with E-state index in [0.29, 0.717) is 12.5 Å². The highest BCUT2D eigenvalue weighted by Crippen LogP contribution is 2.25. The molecule has 0 saturated heterocycles. The topological polar surface area (TPSA) is 39.2 Å². The lowest BCUT2D eigenvalue weighted by atomic mass is 10.1. The van der Waals surface area contributed by atoms with Crippen LogP contribution in [0.3, 0.4) is 0 Å². The first-order valence-corrected chi connectivity index (χ1v) is 5.87. The zero-order chi connectivity index (χ0) is 11.4. The summed E-state index contributed by atoms with van der Waals surface area (Å²) in [5.41, 5.74) is 0.929. The monoisotopic (exact) mass is 227 g/mol. The highest BCUT2D eigenvalue weighted by molar-refractivity contribution is 7.13. The number of thiazole rings is 1. The number of carbonyl (C=O) groups is 1. The second-order valence-corrected chi connectivity index (χ2v) is 4.86. The van der Waals surface area contributed by atoms with Gasteiger partial charge in [0.05, 0.1) is 22.2 Å². The van der Waals surface area contributed by atoms with E-state index in [9.17, 15) is 4.79 Å². The highest BCUT2D eigenvalue weighted by atomic mass is 32.1. The van der Waals surface area contributed by atoms with Crippen molar-refractivity contribution >= 4 is 17.1 Å². The molecule has 1 aromatic rings. The van der Waals surface area contributed by atoms with Crippen molar-refractivity contribution in [2.24, 2.45) is 0 Å². The lowest BCUT2D eigenvalue weighted by Gasteiger charge is -2.01. The summed E-state index contributed by atoms with van der Waals surface area (Å²) in [6.07, 6.45) is 0.786. The Bertz CT molecular complexity index is 344. The summed E-state index contributed by atoms with van der Waals surface area (Å²) in [6.45, 7) is 6.37. The Morgan fingerprint density at radius 1 is 1.53 bits per heavy atom. The fourth-order valence-electron chi connectivity index (χ4n) is 1.32. The Labute approximate surface area is 94.5 Å². The average Bonchev–Trinajstić information content (AvgIpc) is 2.58. The van der Waals surface area contributed by atoms with E-state index in [4.69, 9.17) is 4.74 Å². The molecule has 0 aliphatic rings. The molecule has 0 fully saturated rings. The van der Waals surface area contributed by atoms with Crippen molar-refractivity contribution in [1.29, 1.82) is 0 Å². The van der Waals surface area contributed by atoms with Crippen LogP contribution in [0, 0.1) is 0 Å². The van der Waals surface area contributed by atoms with E-state index < -0.39 is 0 Å². The molecule has 84 valence electrons. The maximum atomic E-state index is 11.4.